The highest BCUT2D eigenvalue weighted by Gasteiger charge is 2.51. The van der Waals surface area contributed by atoms with Gasteiger partial charge >= 0.3 is 12.1 Å². The van der Waals surface area contributed by atoms with Gasteiger partial charge < -0.3 is 4.84 Å². The number of rotatable bonds is 8. The lowest BCUT2D eigenvalue weighted by Gasteiger charge is -2.45. The Balaban J connectivity index is 1.55. The third-order valence-corrected chi connectivity index (χ3v) is 9.56. The molecule has 4 rings (SSSR count). The summed E-state index contributed by atoms with van der Waals surface area (Å²) in [5.41, 5.74) is 1.34. The molecule has 2 heterocycles. The SMILES string of the molecule is Cc1cc(C)cc(CN2CCC(ON3C(Cl)=NSC3N(OC(=O)C(F)(F)F)S(=O)(=O)c3ccccc3)C(C)(C)C2)c1. The van der Waals surface area contributed by atoms with Crippen molar-refractivity contribution < 1.29 is 36.1 Å². The second-order valence-electron chi connectivity index (χ2n) is 10.6. The molecule has 0 bridgehead atoms. The lowest BCUT2D eigenvalue weighted by atomic mass is 9.81. The van der Waals surface area contributed by atoms with Crippen LogP contribution in [0.15, 0.2) is 57.8 Å². The summed E-state index contributed by atoms with van der Waals surface area (Å²) in [6, 6.07) is 13.0. The van der Waals surface area contributed by atoms with Gasteiger partial charge in [-0.05, 0) is 49.6 Å². The van der Waals surface area contributed by atoms with Crippen LogP contribution in [0, 0.1) is 19.3 Å². The Morgan fingerprint density at radius 3 is 2.39 bits per heavy atom. The zero-order valence-corrected chi connectivity index (χ0v) is 25.1. The maximum atomic E-state index is 13.4. The number of likely N-dealkylation sites (tertiary alicyclic amines) is 1. The summed E-state index contributed by atoms with van der Waals surface area (Å²) in [6.45, 7) is 10.00. The number of sulfonamides is 1. The number of piperidine rings is 1. The van der Waals surface area contributed by atoms with Crippen molar-refractivity contribution in [3.8, 4) is 0 Å². The zero-order valence-electron chi connectivity index (χ0n) is 22.8. The first-order valence-corrected chi connectivity index (χ1v) is 15.3. The summed E-state index contributed by atoms with van der Waals surface area (Å²) in [6.07, 6.45) is -5.49. The summed E-state index contributed by atoms with van der Waals surface area (Å²) in [5, 5.41) is 0.562. The van der Waals surface area contributed by atoms with Gasteiger partial charge in [0.1, 0.15) is 0 Å². The van der Waals surface area contributed by atoms with E-state index in [4.69, 9.17) is 16.4 Å². The van der Waals surface area contributed by atoms with E-state index in [9.17, 15) is 26.4 Å². The van der Waals surface area contributed by atoms with Crippen LogP contribution >= 0.6 is 23.5 Å². The van der Waals surface area contributed by atoms with Crippen LogP contribution in [0.1, 0.15) is 37.0 Å². The second-order valence-corrected chi connectivity index (χ2v) is 13.6. The summed E-state index contributed by atoms with van der Waals surface area (Å²) in [4.78, 5) is 24.3. The largest absolute Gasteiger partial charge is 0.492 e. The van der Waals surface area contributed by atoms with Crippen LogP contribution in [0.25, 0.3) is 0 Å². The maximum Gasteiger partial charge on any atom is 0.492 e. The number of aryl methyl sites for hydroxylation is 2. The van der Waals surface area contributed by atoms with E-state index in [2.05, 4.69) is 32.3 Å². The molecule has 41 heavy (non-hydrogen) atoms. The molecule has 0 aliphatic carbocycles. The minimum absolute atomic E-state index is 0.0656. The molecule has 2 aliphatic rings. The molecule has 9 nitrogen and oxygen atoms in total. The molecule has 2 aromatic carbocycles. The molecule has 0 radical (unpaired) electrons. The number of halogens is 4. The van der Waals surface area contributed by atoms with E-state index < -0.39 is 44.1 Å². The number of hydrogen-bond acceptors (Lipinski definition) is 9. The molecule has 1 saturated heterocycles. The Hall–Kier alpha value is -2.36. The predicted molar refractivity (Wildman–Crippen MR) is 149 cm³/mol. The van der Waals surface area contributed by atoms with E-state index in [0.717, 1.165) is 23.7 Å². The van der Waals surface area contributed by atoms with Crippen LogP contribution in [0.5, 0.6) is 0 Å². The molecule has 15 heteroatoms. The Kier molecular flexibility index (Phi) is 9.31. The first-order valence-electron chi connectivity index (χ1n) is 12.6. The molecule has 0 aromatic heterocycles. The van der Waals surface area contributed by atoms with Crippen LogP contribution in [-0.2, 0) is 31.0 Å². The van der Waals surface area contributed by atoms with Crippen LogP contribution in [0.4, 0.5) is 13.2 Å². The summed E-state index contributed by atoms with van der Waals surface area (Å²) < 4.78 is 70.1. The third-order valence-electron chi connectivity index (χ3n) is 6.61. The number of carbonyl (C=O) groups is 1. The van der Waals surface area contributed by atoms with Gasteiger partial charge in [-0.15, -0.1) is 0 Å². The number of nitrogens with zero attached hydrogens (tertiary/aromatic N) is 4. The van der Waals surface area contributed by atoms with Gasteiger partial charge in [0, 0.05) is 41.5 Å². The van der Waals surface area contributed by atoms with E-state index >= 15 is 0 Å². The molecule has 0 spiro atoms. The monoisotopic (exact) mass is 634 g/mol. The molecule has 1 fully saturated rings. The van der Waals surface area contributed by atoms with E-state index in [0.29, 0.717) is 31.5 Å². The van der Waals surface area contributed by atoms with Crippen LogP contribution < -0.4 is 0 Å². The number of hydrogen-bond donors (Lipinski definition) is 0. The normalized spacial score (nSPS) is 21.7. The molecule has 2 aromatic rings. The summed E-state index contributed by atoms with van der Waals surface area (Å²) in [5.74, 6) is -2.72. The van der Waals surface area contributed by atoms with Gasteiger partial charge in [-0.1, -0.05) is 61.4 Å². The van der Waals surface area contributed by atoms with Crippen molar-refractivity contribution in [2.75, 3.05) is 13.1 Å². The molecular formula is C26H30ClF3N4O5S2. The fourth-order valence-electron chi connectivity index (χ4n) is 4.86. The van der Waals surface area contributed by atoms with Gasteiger partial charge in [0.25, 0.3) is 10.0 Å². The molecule has 2 aliphatic heterocycles. The average molecular weight is 635 g/mol. The van der Waals surface area contributed by atoms with Crippen LogP contribution in [0.2, 0.25) is 0 Å². The molecular weight excluding hydrogens is 605 g/mol. The fourth-order valence-corrected chi connectivity index (χ4v) is 7.44. The van der Waals surface area contributed by atoms with E-state index in [-0.39, 0.29) is 9.76 Å². The Morgan fingerprint density at radius 1 is 1.17 bits per heavy atom. The standard InChI is InChI=1S/C26H30ClF3N4O5S2/c1-17-12-18(2)14-19(13-17)15-32-11-10-21(25(3,4)16-32)38-33-23(27)31-40-24(33)34(39-22(35)26(28,29)30)41(36,37)20-8-6-5-7-9-20/h5-9,12-14,21,24H,10-11,15-16H2,1-4H3. The van der Waals surface area contributed by atoms with Gasteiger partial charge in [0.05, 0.1) is 11.0 Å². The van der Waals surface area contributed by atoms with Crippen molar-refractivity contribution in [2.45, 2.75) is 63.3 Å². The number of alkyl halides is 3. The van der Waals surface area contributed by atoms with Crippen molar-refractivity contribution >= 4 is 44.8 Å². The molecule has 0 N–H and O–H groups in total. The predicted octanol–water partition coefficient (Wildman–Crippen LogP) is 5.39. The lowest BCUT2D eigenvalue weighted by molar-refractivity contribution is -0.256. The van der Waals surface area contributed by atoms with E-state index in [1.807, 2.05) is 27.7 Å². The number of hydroxylamine groups is 3. The van der Waals surface area contributed by atoms with Crippen molar-refractivity contribution in [1.82, 2.24) is 14.4 Å². The quantitative estimate of drug-likeness (QED) is 0.217. The van der Waals surface area contributed by atoms with Gasteiger partial charge in [-0.25, -0.2) is 13.2 Å². The Morgan fingerprint density at radius 2 is 1.80 bits per heavy atom. The topological polar surface area (TPSA) is 91.8 Å². The van der Waals surface area contributed by atoms with Crippen LogP contribution in [0.3, 0.4) is 0 Å². The Labute approximate surface area is 246 Å². The maximum absolute atomic E-state index is 13.4. The van der Waals surface area contributed by atoms with Gasteiger partial charge in [-0.3, -0.25) is 9.74 Å². The number of carbonyl (C=O) groups excluding carboxylic acids is 1. The third kappa shape index (κ3) is 7.35. The lowest BCUT2D eigenvalue weighted by Crippen LogP contribution is -2.55. The van der Waals surface area contributed by atoms with Gasteiger partial charge in [0.15, 0.2) is 0 Å². The fraction of sp³-hybridized carbons (Fsp3) is 0.462. The minimum atomic E-state index is -5.46. The average Bonchev–Trinajstić information content (AvgIpc) is 3.22. The molecule has 0 saturated carbocycles. The molecule has 2 unspecified atom stereocenters. The summed E-state index contributed by atoms with van der Waals surface area (Å²) in [7, 11) is -4.81. The number of amidine groups is 1. The second kappa shape index (κ2) is 12.1. The molecule has 0 amide bonds. The first kappa shape index (κ1) is 31.6. The Bertz CT molecular complexity index is 1390. The van der Waals surface area contributed by atoms with E-state index in [1.54, 1.807) is 0 Å². The highest BCUT2D eigenvalue weighted by Crippen LogP contribution is 2.39. The van der Waals surface area contributed by atoms with E-state index in [1.165, 1.54) is 34.9 Å². The van der Waals surface area contributed by atoms with Crippen molar-refractivity contribution in [2.24, 2.45) is 9.81 Å². The first-order chi connectivity index (χ1) is 19.1. The van der Waals surface area contributed by atoms with Gasteiger partial charge in [-0.2, -0.15) is 22.6 Å². The molecule has 224 valence electrons. The number of benzene rings is 2. The van der Waals surface area contributed by atoms with Crippen LogP contribution in [-0.4, -0.2) is 65.0 Å². The van der Waals surface area contributed by atoms with Gasteiger partial charge in [0.2, 0.25) is 10.8 Å². The van der Waals surface area contributed by atoms with Crippen molar-refractivity contribution in [3.63, 3.8) is 0 Å². The smallest absolute Gasteiger partial charge is 0.342 e. The summed E-state index contributed by atoms with van der Waals surface area (Å²) >= 11 is 6.74. The minimum Gasteiger partial charge on any atom is -0.342 e. The van der Waals surface area contributed by atoms with Crippen molar-refractivity contribution in [3.05, 3.63) is 65.2 Å². The van der Waals surface area contributed by atoms with Crippen molar-refractivity contribution in [1.29, 1.82) is 0 Å². The highest BCUT2D eigenvalue weighted by molar-refractivity contribution is 8.00. The zero-order chi connectivity index (χ0) is 30.2. The molecule has 2 atom stereocenters. The highest BCUT2D eigenvalue weighted by atomic mass is 35.5.